The van der Waals surface area contributed by atoms with Crippen molar-refractivity contribution >= 4 is 11.6 Å². The van der Waals surface area contributed by atoms with E-state index in [-0.39, 0.29) is 0 Å². The maximum atomic E-state index is 6.14. The molecular formula is C10H19ClN4. The molecule has 0 spiro atoms. The summed E-state index contributed by atoms with van der Waals surface area (Å²) >= 11 is 6.14. The van der Waals surface area contributed by atoms with Crippen LogP contribution in [0.5, 0.6) is 0 Å². The predicted octanol–water partition coefficient (Wildman–Crippen LogP) is 1.16. The fraction of sp³-hybridized carbons (Fsp3) is 0.700. The summed E-state index contributed by atoms with van der Waals surface area (Å²) in [4.78, 5) is 2.21. The number of nitrogens with two attached hydrogens (primary N) is 1. The number of hydrogen-bond acceptors (Lipinski definition) is 3. The van der Waals surface area contributed by atoms with Crippen LogP contribution in [0.4, 0.5) is 0 Å². The Morgan fingerprint density at radius 2 is 2.20 bits per heavy atom. The molecule has 0 amide bonds. The summed E-state index contributed by atoms with van der Waals surface area (Å²) in [6.07, 6.45) is 1.01. The van der Waals surface area contributed by atoms with E-state index in [4.69, 9.17) is 17.3 Å². The van der Waals surface area contributed by atoms with Gasteiger partial charge in [0.2, 0.25) is 0 Å². The second-order valence-corrected chi connectivity index (χ2v) is 4.22. The van der Waals surface area contributed by atoms with Crippen molar-refractivity contribution in [1.82, 2.24) is 14.7 Å². The zero-order valence-corrected chi connectivity index (χ0v) is 10.4. The highest BCUT2D eigenvalue weighted by Gasteiger charge is 2.12. The SMILES string of the molecule is Cc1nn(C)c(Cl)c1CN(C)CCCN. The molecule has 0 aliphatic heterocycles. The molecule has 0 unspecified atom stereocenters. The van der Waals surface area contributed by atoms with Crippen LogP contribution in [0, 0.1) is 6.92 Å². The summed E-state index contributed by atoms with van der Waals surface area (Å²) in [5, 5.41) is 5.01. The minimum Gasteiger partial charge on any atom is -0.330 e. The van der Waals surface area contributed by atoms with Crippen LogP contribution in [0.2, 0.25) is 5.15 Å². The van der Waals surface area contributed by atoms with Crippen molar-refractivity contribution in [2.24, 2.45) is 12.8 Å². The Labute approximate surface area is 96.0 Å². The van der Waals surface area contributed by atoms with Crippen LogP contribution >= 0.6 is 11.6 Å². The first-order valence-electron chi connectivity index (χ1n) is 5.12. The lowest BCUT2D eigenvalue weighted by atomic mass is 10.2. The lowest BCUT2D eigenvalue weighted by molar-refractivity contribution is 0.323. The number of aryl methyl sites for hydroxylation is 2. The van der Waals surface area contributed by atoms with Crippen LogP contribution in [0.1, 0.15) is 17.7 Å². The van der Waals surface area contributed by atoms with Crippen molar-refractivity contribution in [3.05, 3.63) is 16.4 Å². The van der Waals surface area contributed by atoms with E-state index in [2.05, 4.69) is 17.0 Å². The van der Waals surface area contributed by atoms with Gasteiger partial charge in [-0.2, -0.15) is 5.10 Å². The molecule has 0 radical (unpaired) electrons. The summed E-state index contributed by atoms with van der Waals surface area (Å²) in [5.74, 6) is 0. The number of rotatable bonds is 5. The molecule has 1 aromatic rings. The van der Waals surface area contributed by atoms with E-state index in [0.717, 1.165) is 42.5 Å². The molecule has 0 aliphatic carbocycles. The summed E-state index contributed by atoms with van der Waals surface area (Å²) in [6.45, 7) is 4.53. The van der Waals surface area contributed by atoms with Crippen molar-refractivity contribution in [1.29, 1.82) is 0 Å². The van der Waals surface area contributed by atoms with Gasteiger partial charge < -0.3 is 10.6 Å². The molecule has 0 bridgehead atoms. The van der Waals surface area contributed by atoms with E-state index >= 15 is 0 Å². The molecule has 1 heterocycles. The Bertz CT molecular complexity index is 321. The van der Waals surface area contributed by atoms with Gasteiger partial charge in [0.15, 0.2) is 0 Å². The Morgan fingerprint density at radius 1 is 1.53 bits per heavy atom. The van der Waals surface area contributed by atoms with Gasteiger partial charge in [0.25, 0.3) is 0 Å². The highest BCUT2D eigenvalue weighted by atomic mass is 35.5. The van der Waals surface area contributed by atoms with Gasteiger partial charge in [-0.3, -0.25) is 4.68 Å². The summed E-state index contributed by atoms with van der Waals surface area (Å²) in [5.41, 5.74) is 7.58. The molecular weight excluding hydrogens is 212 g/mol. The highest BCUT2D eigenvalue weighted by Crippen LogP contribution is 2.19. The largest absolute Gasteiger partial charge is 0.330 e. The third kappa shape index (κ3) is 3.19. The zero-order chi connectivity index (χ0) is 11.4. The van der Waals surface area contributed by atoms with Crippen LogP contribution in [0.3, 0.4) is 0 Å². The Morgan fingerprint density at radius 3 is 2.67 bits per heavy atom. The van der Waals surface area contributed by atoms with Crippen molar-refractivity contribution < 1.29 is 0 Å². The van der Waals surface area contributed by atoms with Gasteiger partial charge in [-0.15, -0.1) is 0 Å². The van der Waals surface area contributed by atoms with Crippen molar-refractivity contribution in [3.63, 3.8) is 0 Å². The maximum absolute atomic E-state index is 6.14. The molecule has 0 fully saturated rings. The normalized spacial score (nSPS) is 11.3. The van der Waals surface area contributed by atoms with Gasteiger partial charge >= 0.3 is 0 Å². The molecule has 1 rings (SSSR count). The minimum absolute atomic E-state index is 0.726. The van der Waals surface area contributed by atoms with Crippen molar-refractivity contribution in [2.45, 2.75) is 19.9 Å². The number of aromatic nitrogens is 2. The lowest BCUT2D eigenvalue weighted by Gasteiger charge is -2.15. The third-order valence-electron chi connectivity index (χ3n) is 2.44. The van der Waals surface area contributed by atoms with E-state index in [0.29, 0.717) is 0 Å². The molecule has 0 saturated carbocycles. The third-order valence-corrected chi connectivity index (χ3v) is 2.91. The van der Waals surface area contributed by atoms with Crippen LogP contribution in [0.15, 0.2) is 0 Å². The second kappa shape index (κ2) is 5.49. The number of hydrogen-bond donors (Lipinski definition) is 1. The fourth-order valence-electron chi connectivity index (χ4n) is 1.56. The minimum atomic E-state index is 0.726. The molecule has 1 aromatic heterocycles. The van der Waals surface area contributed by atoms with Crippen LogP contribution in [-0.4, -0.2) is 34.8 Å². The van der Waals surface area contributed by atoms with E-state index in [1.54, 1.807) is 4.68 Å². The molecule has 15 heavy (non-hydrogen) atoms. The quantitative estimate of drug-likeness (QED) is 0.826. The van der Waals surface area contributed by atoms with Crippen molar-refractivity contribution in [3.8, 4) is 0 Å². The molecule has 4 nitrogen and oxygen atoms in total. The first-order valence-corrected chi connectivity index (χ1v) is 5.50. The van der Waals surface area contributed by atoms with Crippen LogP contribution in [-0.2, 0) is 13.6 Å². The summed E-state index contributed by atoms with van der Waals surface area (Å²) in [6, 6.07) is 0. The molecule has 0 aliphatic rings. The first kappa shape index (κ1) is 12.5. The van der Waals surface area contributed by atoms with E-state index in [9.17, 15) is 0 Å². The maximum Gasteiger partial charge on any atom is 0.131 e. The molecule has 0 atom stereocenters. The number of nitrogens with zero attached hydrogens (tertiary/aromatic N) is 3. The zero-order valence-electron chi connectivity index (χ0n) is 9.63. The molecule has 0 aromatic carbocycles. The topological polar surface area (TPSA) is 47.1 Å². The average molecular weight is 231 g/mol. The fourth-order valence-corrected chi connectivity index (χ4v) is 1.80. The summed E-state index contributed by atoms with van der Waals surface area (Å²) < 4.78 is 1.71. The predicted molar refractivity (Wildman–Crippen MR) is 63.0 cm³/mol. The van der Waals surface area contributed by atoms with Crippen LogP contribution < -0.4 is 5.73 Å². The lowest BCUT2D eigenvalue weighted by Crippen LogP contribution is -2.21. The van der Waals surface area contributed by atoms with Crippen LogP contribution in [0.25, 0.3) is 0 Å². The monoisotopic (exact) mass is 230 g/mol. The summed E-state index contributed by atoms with van der Waals surface area (Å²) in [7, 11) is 3.93. The average Bonchev–Trinajstić information content (AvgIpc) is 2.42. The number of halogens is 1. The van der Waals surface area contributed by atoms with Gasteiger partial charge in [0.1, 0.15) is 5.15 Å². The van der Waals surface area contributed by atoms with Gasteiger partial charge in [0, 0.05) is 19.2 Å². The van der Waals surface area contributed by atoms with Gasteiger partial charge in [-0.1, -0.05) is 11.6 Å². The van der Waals surface area contributed by atoms with Gasteiger partial charge in [-0.05, 0) is 33.5 Å². The van der Waals surface area contributed by atoms with E-state index < -0.39 is 0 Å². The Balaban J connectivity index is 2.63. The Kier molecular flexibility index (Phi) is 4.57. The standard InChI is InChI=1S/C10H19ClN4/c1-8-9(10(11)15(3)13-8)7-14(2)6-4-5-12/h4-7,12H2,1-3H3. The highest BCUT2D eigenvalue weighted by molar-refractivity contribution is 6.30. The van der Waals surface area contributed by atoms with E-state index in [1.165, 1.54) is 0 Å². The van der Waals surface area contributed by atoms with Crippen molar-refractivity contribution in [2.75, 3.05) is 20.1 Å². The molecule has 5 heteroatoms. The molecule has 86 valence electrons. The van der Waals surface area contributed by atoms with Gasteiger partial charge in [0.05, 0.1) is 5.69 Å². The first-order chi connectivity index (χ1) is 7.06. The Hall–Kier alpha value is -0.580. The smallest absolute Gasteiger partial charge is 0.131 e. The molecule has 2 N–H and O–H groups in total. The second-order valence-electron chi connectivity index (χ2n) is 3.86. The molecule has 0 saturated heterocycles. The van der Waals surface area contributed by atoms with Gasteiger partial charge in [-0.25, -0.2) is 0 Å². The van der Waals surface area contributed by atoms with E-state index in [1.807, 2.05) is 14.0 Å².